The fourth-order valence-corrected chi connectivity index (χ4v) is 2.92. The van der Waals surface area contributed by atoms with Gasteiger partial charge in [0.1, 0.15) is 0 Å². The number of amides is 1. The van der Waals surface area contributed by atoms with Crippen molar-refractivity contribution in [1.82, 2.24) is 20.0 Å². The lowest BCUT2D eigenvalue weighted by molar-refractivity contribution is 0.0701. The molecule has 1 aromatic carbocycles. The first-order chi connectivity index (χ1) is 10.7. The van der Waals surface area contributed by atoms with Crippen LogP contribution in [0.25, 0.3) is 5.69 Å². The normalized spacial score (nSPS) is 15.3. The van der Waals surface area contributed by atoms with Crippen molar-refractivity contribution in [3.05, 3.63) is 47.2 Å². The van der Waals surface area contributed by atoms with Gasteiger partial charge in [0.15, 0.2) is 5.69 Å². The van der Waals surface area contributed by atoms with Crippen LogP contribution in [-0.4, -0.2) is 46.8 Å². The molecular weight excluding hydrogens is 335 g/mol. The number of rotatable bonds is 3. The summed E-state index contributed by atoms with van der Waals surface area (Å²) in [5.74, 6) is -0.00432. The minimum absolute atomic E-state index is 0. The van der Waals surface area contributed by atoms with Gasteiger partial charge in [-0.1, -0.05) is 17.7 Å². The van der Waals surface area contributed by atoms with Crippen molar-refractivity contribution in [2.24, 2.45) is 0 Å². The summed E-state index contributed by atoms with van der Waals surface area (Å²) < 4.78 is 1.68. The number of nitrogens with one attached hydrogen (secondary N) is 1. The average Bonchev–Trinajstić information content (AvgIpc) is 3.04. The van der Waals surface area contributed by atoms with E-state index in [9.17, 15) is 4.79 Å². The van der Waals surface area contributed by atoms with E-state index in [-0.39, 0.29) is 18.3 Å². The number of halogens is 2. The van der Waals surface area contributed by atoms with Crippen LogP contribution in [0.15, 0.2) is 36.5 Å². The van der Waals surface area contributed by atoms with Gasteiger partial charge in [-0.25, -0.2) is 4.68 Å². The zero-order chi connectivity index (χ0) is 15.5. The summed E-state index contributed by atoms with van der Waals surface area (Å²) in [5, 5.41) is 8.30. The smallest absolute Gasteiger partial charge is 0.274 e. The van der Waals surface area contributed by atoms with Crippen molar-refractivity contribution in [3.8, 4) is 5.69 Å². The molecule has 5 nitrogen and oxygen atoms in total. The lowest BCUT2D eigenvalue weighted by Gasteiger charge is -2.31. The maximum atomic E-state index is 12.5. The second-order valence-electron chi connectivity index (χ2n) is 5.48. The van der Waals surface area contributed by atoms with Crippen LogP contribution in [0.1, 0.15) is 23.3 Å². The Labute approximate surface area is 147 Å². The highest BCUT2D eigenvalue weighted by molar-refractivity contribution is 6.30. The molecule has 1 aliphatic heterocycles. The van der Waals surface area contributed by atoms with Gasteiger partial charge in [-0.05, 0) is 44.2 Å². The molecule has 124 valence electrons. The molecule has 0 unspecified atom stereocenters. The zero-order valence-electron chi connectivity index (χ0n) is 12.9. The molecule has 0 radical (unpaired) electrons. The van der Waals surface area contributed by atoms with Gasteiger partial charge < -0.3 is 10.2 Å². The first kappa shape index (κ1) is 17.8. The lowest BCUT2D eigenvalue weighted by Crippen LogP contribution is -2.44. The van der Waals surface area contributed by atoms with Crippen LogP contribution in [0.3, 0.4) is 0 Å². The SMILES string of the molecule is CNC1CCN(C(=O)c2ccn(-c3cccc(Cl)c3)n2)CC1.Cl. The van der Waals surface area contributed by atoms with E-state index in [0.29, 0.717) is 16.8 Å². The summed E-state index contributed by atoms with van der Waals surface area (Å²) >= 11 is 5.99. The summed E-state index contributed by atoms with van der Waals surface area (Å²) in [7, 11) is 1.97. The molecule has 1 aromatic heterocycles. The number of nitrogens with zero attached hydrogens (tertiary/aromatic N) is 3. The Kier molecular flexibility index (Phi) is 6.04. The van der Waals surface area contributed by atoms with E-state index in [1.165, 1.54) is 0 Å². The van der Waals surface area contributed by atoms with Crippen LogP contribution in [0, 0.1) is 0 Å². The van der Waals surface area contributed by atoms with Gasteiger partial charge in [-0.3, -0.25) is 4.79 Å². The number of carbonyl (C=O) groups excluding carboxylic acids is 1. The van der Waals surface area contributed by atoms with Crippen LogP contribution in [0.5, 0.6) is 0 Å². The third-order valence-electron chi connectivity index (χ3n) is 4.07. The third-order valence-corrected chi connectivity index (χ3v) is 4.31. The van der Waals surface area contributed by atoms with Gasteiger partial charge in [0.05, 0.1) is 5.69 Å². The standard InChI is InChI=1S/C16H19ClN4O.ClH/c1-18-13-5-8-20(9-6-13)16(22)15-7-10-21(19-15)14-4-2-3-12(17)11-14;/h2-4,7,10-11,13,18H,5-6,8-9H2,1H3;1H. The number of piperidine rings is 1. The van der Waals surface area contributed by atoms with Crippen molar-refractivity contribution in [1.29, 1.82) is 0 Å². The largest absolute Gasteiger partial charge is 0.337 e. The highest BCUT2D eigenvalue weighted by Gasteiger charge is 2.24. The Morgan fingerprint density at radius 1 is 1.30 bits per heavy atom. The van der Waals surface area contributed by atoms with E-state index in [0.717, 1.165) is 31.6 Å². The first-order valence-electron chi connectivity index (χ1n) is 7.45. The molecule has 1 amide bonds. The monoisotopic (exact) mass is 354 g/mol. The van der Waals surface area contributed by atoms with E-state index in [2.05, 4.69) is 10.4 Å². The molecule has 1 aliphatic rings. The van der Waals surface area contributed by atoms with E-state index in [1.54, 1.807) is 16.9 Å². The molecule has 1 N–H and O–H groups in total. The highest BCUT2D eigenvalue weighted by atomic mass is 35.5. The highest BCUT2D eigenvalue weighted by Crippen LogP contribution is 2.16. The number of hydrogen-bond donors (Lipinski definition) is 1. The molecule has 1 saturated heterocycles. The zero-order valence-corrected chi connectivity index (χ0v) is 14.5. The minimum atomic E-state index is -0.00432. The van der Waals surface area contributed by atoms with Crippen molar-refractivity contribution >= 4 is 29.9 Å². The predicted molar refractivity (Wildman–Crippen MR) is 93.8 cm³/mol. The van der Waals surface area contributed by atoms with E-state index >= 15 is 0 Å². The summed E-state index contributed by atoms with van der Waals surface area (Å²) in [6, 6.07) is 9.67. The molecule has 0 bridgehead atoms. The molecule has 0 atom stereocenters. The van der Waals surface area contributed by atoms with Crippen molar-refractivity contribution in [2.45, 2.75) is 18.9 Å². The molecule has 7 heteroatoms. The average molecular weight is 355 g/mol. The Hall–Kier alpha value is -1.56. The van der Waals surface area contributed by atoms with Crippen molar-refractivity contribution in [2.75, 3.05) is 20.1 Å². The van der Waals surface area contributed by atoms with Crippen LogP contribution in [0.4, 0.5) is 0 Å². The summed E-state index contributed by atoms with van der Waals surface area (Å²) in [5.41, 5.74) is 1.32. The van der Waals surface area contributed by atoms with Crippen LogP contribution in [-0.2, 0) is 0 Å². The Morgan fingerprint density at radius 2 is 2.04 bits per heavy atom. The lowest BCUT2D eigenvalue weighted by atomic mass is 10.1. The third kappa shape index (κ3) is 4.05. The second kappa shape index (κ2) is 7.81. The topological polar surface area (TPSA) is 50.2 Å². The molecule has 2 aromatic rings. The number of carbonyl (C=O) groups is 1. The molecule has 23 heavy (non-hydrogen) atoms. The molecule has 0 saturated carbocycles. The fraction of sp³-hybridized carbons (Fsp3) is 0.375. The quantitative estimate of drug-likeness (QED) is 0.921. The van der Waals surface area contributed by atoms with Crippen molar-refractivity contribution in [3.63, 3.8) is 0 Å². The summed E-state index contributed by atoms with van der Waals surface area (Å²) in [6.45, 7) is 1.54. The van der Waals surface area contributed by atoms with Gasteiger partial charge in [0.2, 0.25) is 0 Å². The Balaban J connectivity index is 0.00000192. The van der Waals surface area contributed by atoms with Gasteiger partial charge in [-0.15, -0.1) is 12.4 Å². The van der Waals surface area contributed by atoms with Gasteiger partial charge in [-0.2, -0.15) is 5.10 Å². The molecular formula is C16H20Cl2N4O. The number of likely N-dealkylation sites (tertiary alicyclic amines) is 1. The molecule has 1 fully saturated rings. The molecule has 0 spiro atoms. The minimum Gasteiger partial charge on any atom is -0.337 e. The van der Waals surface area contributed by atoms with E-state index in [4.69, 9.17) is 11.6 Å². The van der Waals surface area contributed by atoms with Crippen LogP contribution < -0.4 is 5.32 Å². The summed E-state index contributed by atoms with van der Waals surface area (Å²) in [6.07, 6.45) is 3.76. The number of hydrogen-bond acceptors (Lipinski definition) is 3. The fourth-order valence-electron chi connectivity index (χ4n) is 2.73. The van der Waals surface area contributed by atoms with Crippen LogP contribution in [0.2, 0.25) is 5.02 Å². The molecule has 2 heterocycles. The van der Waals surface area contributed by atoms with Gasteiger partial charge >= 0.3 is 0 Å². The maximum absolute atomic E-state index is 12.5. The van der Waals surface area contributed by atoms with E-state index in [1.807, 2.05) is 36.2 Å². The second-order valence-corrected chi connectivity index (χ2v) is 5.92. The number of benzene rings is 1. The predicted octanol–water partition coefficient (Wildman–Crippen LogP) is 2.77. The van der Waals surface area contributed by atoms with Crippen LogP contribution >= 0.6 is 24.0 Å². The summed E-state index contributed by atoms with van der Waals surface area (Å²) in [4.78, 5) is 14.4. The Bertz CT molecular complexity index is 666. The Morgan fingerprint density at radius 3 is 2.70 bits per heavy atom. The number of aromatic nitrogens is 2. The molecule has 3 rings (SSSR count). The first-order valence-corrected chi connectivity index (χ1v) is 7.83. The molecule has 0 aliphatic carbocycles. The van der Waals surface area contributed by atoms with E-state index < -0.39 is 0 Å². The van der Waals surface area contributed by atoms with Gasteiger partial charge in [0.25, 0.3) is 5.91 Å². The maximum Gasteiger partial charge on any atom is 0.274 e. The van der Waals surface area contributed by atoms with Crippen molar-refractivity contribution < 1.29 is 4.79 Å². The van der Waals surface area contributed by atoms with Gasteiger partial charge in [0, 0.05) is 30.4 Å².